The lowest BCUT2D eigenvalue weighted by molar-refractivity contribution is -0.157. The molecule has 0 aliphatic heterocycles. The van der Waals surface area contributed by atoms with Crippen molar-refractivity contribution < 1.29 is 34.0 Å². The number of hydrogen-bond acceptors (Lipinski definition) is 8. The van der Waals surface area contributed by atoms with Crippen LogP contribution >= 0.6 is 0 Å². The molecule has 0 amide bonds. The van der Waals surface area contributed by atoms with Crippen molar-refractivity contribution >= 4 is 5.97 Å². The van der Waals surface area contributed by atoms with Crippen LogP contribution in [0, 0.1) is 0 Å². The molecule has 0 saturated carbocycles. The molecule has 2 rings (SSSR count). The average molecular weight is 405 g/mol. The Morgan fingerprint density at radius 3 is 1.90 bits per heavy atom. The second-order valence-electron chi connectivity index (χ2n) is 7.23. The first-order chi connectivity index (χ1) is 13.7. The van der Waals surface area contributed by atoms with E-state index in [9.17, 15) is 15.0 Å². The van der Waals surface area contributed by atoms with Gasteiger partial charge < -0.3 is 29.2 Å². The largest absolute Gasteiger partial charge is 0.496 e. The summed E-state index contributed by atoms with van der Waals surface area (Å²) in [7, 11) is 2.99. The first-order valence-corrected chi connectivity index (χ1v) is 9.03. The van der Waals surface area contributed by atoms with Crippen LogP contribution in [-0.4, -0.2) is 47.6 Å². The first-order valence-electron chi connectivity index (χ1n) is 9.03. The van der Waals surface area contributed by atoms with Crippen molar-refractivity contribution in [2.24, 2.45) is 0 Å². The topological polar surface area (TPSA) is 107 Å². The highest BCUT2D eigenvalue weighted by Gasteiger charge is 2.19. The number of carbonyl (C=O) groups excluding carboxylic acids is 1. The fourth-order valence-electron chi connectivity index (χ4n) is 2.72. The number of hydrogen-bond donors (Lipinski definition) is 2. The summed E-state index contributed by atoms with van der Waals surface area (Å²) in [4.78, 5) is 16.1. The quantitative estimate of drug-likeness (QED) is 0.645. The molecule has 29 heavy (non-hydrogen) atoms. The summed E-state index contributed by atoms with van der Waals surface area (Å²) in [6.07, 6.45) is 0. The van der Waals surface area contributed by atoms with E-state index >= 15 is 0 Å². The Balaban J connectivity index is 2.39. The molecule has 0 atom stereocenters. The number of rotatable bonds is 8. The van der Waals surface area contributed by atoms with E-state index in [2.05, 4.69) is 4.98 Å². The van der Waals surface area contributed by atoms with Crippen LogP contribution in [0.3, 0.4) is 0 Å². The fourth-order valence-corrected chi connectivity index (χ4v) is 2.72. The molecule has 2 aromatic rings. The predicted molar refractivity (Wildman–Crippen MR) is 106 cm³/mol. The van der Waals surface area contributed by atoms with Crippen LogP contribution < -0.4 is 14.2 Å². The van der Waals surface area contributed by atoms with Crippen LogP contribution in [0.5, 0.6) is 17.2 Å². The molecule has 158 valence electrons. The summed E-state index contributed by atoms with van der Waals surface area (Å²) >= 11 is 0. The van der Waals surface area contributed by atoms with Crippen LogP contribution in [-0.2, 0) is 22.7 Å². The molecular weight excluding hydrogens is 378 g/mol. The minimum Gasteiger partial charge on any atom is -0.496 e. The highest BCUT2D eigenvalue weighted by atomic mass is 16.6. The summed E-state index contributed by atoms with van der Waals surface area (Å²) < 4.78 is 21.8. The van der Waals surface area contributed by atoms with Gasteiger partial charge in [-0.25, -0.2) is 4.79 Å². The normalized spacial score (nSPS) is 11.1. The maximum absolute atomic E-state index is 11.9. The Labute approximate surface area is 170 Å². The van der Waals surface area contributed by atoms with Crippen molar-refractivity contribution in [2.75, 3.05) is 20.8 Å². The second kappa shape index (κ2) is 9.58. The molecule has 0 bridgehead atoms. The lowest BCUT2D eigenvalue weighted by Crippen LogP contribution is -2.27. The van der Waals surface area contributed by atoms with E-state index in [0.717, 1.165) is 0 Å². The van der Waals surface area contributed by atoms with Crippen molar-refractivity contribution in [3.63, 3.8) is 0 Å². The maximum atomic E-state index is 11.9. The molecule has 0 spiro atoms. The third-order valence-electron chi connectivity index (χ3n) is 3.80. The van der Waals surface area contributed by atoms with Crippen LogP contribution in [0.4, 0.5) is 0 Å². The smallest absolute Gasteiger partial charge is 0.344 e. The predicted octanol–water partition coefficient (Wildman–Crippen LogP) is 2.47. The third kappa shape index (κ3) is 6.07. The number of nitrogens with zero attached hydrogens (tertiary/aromatic N) is 1. The first kappa shape index (κ1) is 22.4. The van der Waals surface area contributed by atoms with Crippen molar-refractivity contribution in [3.05, 3.63) is 35.7 Å². The van der Waals surface area contributed by atoms with E-state index in [0.29, 0.717) is 39.8 Å². The SMILES string of the molecule is COc1cc(OCC(=O)OC(C)(C)C)cc(OC)c1-c1cc(CO)nc(CO)c1. The number of carbonyl (C=O) groups is 1. The molecule has 0 radical (unpaired) electrons. The number of ether oxygens (including phenoxy) is 4. The molecule has 0 saturated heterocycles. The molecule has 1 aromatic carbocycles. The van der Waals surface area contributed by atoms with Gasteiger partial charge >= 0.3 is 5.97 Å². The lowest BCUT2D eigenvalue weighted by Gasteiger charge is -2.20. The number of benzene rings is 1. The summed E-state index contributed by atoms with van der Waals surface area (Å²) in [5.41, 5.74) is 1.46. The van der Waals surface area contributed by atoms with Gasteiger partial charge in [0.25, 0.3) is 0 Å². The Morgan fingerprint density at radius 2 is 1.48 bits per heavy atom. The van der Waals surface area contributed by atoms with Gasteiger partial charge in [0.1, 0.15) is 22.8 Å². The number of pyridine rings is 1. The summed E-state index contributed by atoms with van der Waals surface area (Å²) in [5.74, 6) is 0.742. The Morgan fingerprint density at radius 1 is 0.966 bits per heavy atom. The highest BCUT2D eigenvalue weighted by molar-refractivity contribution is 5.79. The van der Waals surface area contributed by atoms with Crippen molar-refractivity contribution in [2.45, 2.75) is 39.6 Å². The summed E-state index contributed by atoms with van der Waals surface area (Å²) in [6, 6.07) is 6.61. The zero-order chi connectivity index (χ0) is 21.6. The molecule has 0 fully saturated rings. The Kier molecular flexibility index (Phi) is 7.41. The molecule has 8 nitrogen and oxygen atoms in total. The van der Waals surface area contributed by atoms with Gasteiger partial charge in [0.05, 0.1) is 44.4 Å². The van der Waals surface area contributed by atoms with Crippen molar-refractivity contribution in [1.29, 1.82) is 0 Å². The Bertz CT molecular complexity index is 811. The average Bonchev–Trinajstić information content (AvgIpc) is 2.69. The lowest BCUT2D eigenvalue weighted by atomic mass is 10.0. The minimum atomic E-state index is -0.601. The number of aliphatic hydroxyl groups is 2. The maximum Gasteiger partial charge on any atom is 0.344 e. The highest BCUT2D eigenvalue weighted by Crippen LogP contribution is 2.42. The molecule has 1 heterocycles. The van der Waals surface area contributed by atoms with Gasteiger partial charge in [0.2, 0.25) is 0 Å². The van der Waals surface area contributed by atoms with E-state index in [1.165, 1.54) is 14.2 Å². The zero-order valence-electron chi connectivity index (χ0n) is 17.3. The van der Waals surface area contributed by atoms with E-state index in [1.54, 1.807) is 45.0 Å². The van der Waals surface area contributed by atoms with Crippen LogP contribution in [0.25, 0.3) is 11.1 Å². The van der Waals surface area contributed by atoms with Crippen LogP contribution in [0.1, 0.15) is 32.2 Å². The van der Waals surface area contributed by atoms with Gasteiger partial charge in [-0.3, -0.25) is 4.98 Å². The van der Waals surface area contributed by atoms with Gasteiger partial charge in [-0.15, -0.1) is 0 Å². The molecule has 2 N–H and O–H groups in total. The van der Waals surface area contributed by atoms with Crippen LogP contribution in [0.15, 0.2) is 24.3 Å². The fraction of sp³-hybridized carbons (Fsp3) is 0.429. The number of methoxy groups -OCH3 is 2. The van der Waals surface area contributed by atoms with Crippen molar-refractivity contribution in [1.82, 2.24) is 4.98 Å². The number of esters is 1. The number of aromatic nitrogens is 1. The van der Waals surface area contributed by atoms with E-state index in [1.807, 2.05) is 0 Å². The standard InChI is InChI=1S/C21H27NO7/c1-21(2,3)29-19(25)12-28-16-8-17(26-4)20(18(9-16)27-5)13-6-14(10-23)22-15(7-13)11-24/h6-9,23-24H,10-12H2,1-5H3. The van der Waals surface area contributed by atoms with Gasteiger partial charge in [-0.1, -0.05) is 0 Å². The summed E-state index contributed by atoms with van der Waals surface area (Å²) in [5, 5.41) is 18.9. The second-order valence-corrected chi connectivity index (χ2v) is 7.23. The van der Waals surface area contributed by atoms with Gasteiger partial charge in [0.15, 0.2) is 6.61 Å². The van der Waals surface area contributed by atoms with Crippen LogP contribution in [0.2, 0.25) is 0 Å². The third-order valence-corrected chi connectivity index (χ3v) is 3.80. The monoisotopic (exact) mass is 405 g/mol. The summed E-state index contributed by atoms with van der Waals surface area (Å²) in [6.45, 7) is 4.53. The molecule has 0 aliphatic rings. The van der Waals surface area contributed by atoms with Gasteiger partial charge in [0, 0.05) is 12.1 Å². The molecule has 1 aromatic heterocycles. The van der Waals surface area contributed by atoms with Gasteiger partial charge in [-0.2, -0.15) is 0 Å². The Hall–Kier alpha value is -2.84. The van der Waals surface area contributed by atoms with E-state index < -0.39 is 11.6 Å². The van der Waals surface area contributed by atoms with Gasteiger partial charge in [-0.05, 0) is 38.5 Å². The minimum absolute atomic E-state index is 0.262. The van der Waals surface area contributed by atoms with Crippen molar-refractivity contribution in [3.8, 4) is 28.4 Å². The molecule has 8 heteroatoms. The molecule has 0 unspecified atom stereocenters. The number of aliphatic hydroxyl groups excluding tert-OH is 2. The zero-order valence-corrected chi connectivity index (χ0v) is 17.3. The van der Waals surface area contributed by atoms with E-state index in [4.69, 9.17) is 18.9 Å². The molecular formula is C21H27NO7. The van der Waals surface area contributed by atoms with E-state index in [-0.39, 0.29) is 19.8 Å². The molecule has 0 aliphatic carbocycles.